The number of hydrogen-bond acceptors (Lipinski definition) is 4. The molecule has 9 heteroatoms. The van der Waals surface area contributed by atoms with Crippen molar-refractivity contribution in [2.45, 2.75) is 49.2 Å². The maximum atomic E-state index is 13.7. The van der Waals surface area contributed by atoms with Crippen molar-refractivity contribution in [3.63, 3.8) is 0 Å². The molecule has 1 saturated heterocycles. The summed E-state index contributed by atoms with van der Waals surface area (Å²) in [6, 6.07) is 3.29. The largest absolute Gasteiger partial charge is 0.333 e. The fourth-order valence-electron chi connectivity index (χ4n) is 3.90. The Kier molecular flexibility index (Phi) is 5.00. The zero-order valence-electron chi connectivity index (χ0n) is 14.8. The van der Waals surface area contributed by atoms with E-state index in [2.05, 4.69) is 15.0 Å². The number of rotatable bonds is 4. The number of benzene rings is 1. The van der Waals surface area contributed by atoms with Crippen molar-refractivity contribution in [3.05, 3.63) is 47.4 Å². The highest BCUT2D eigenvalue weighted by Crippen LogP contribution is 2.28. The van der Waals surface area contributed by atoms with Crippen LogP contribution >= 0.6 is 0 Å². The van der Waals surface area contributed by atoms with E-state index < -0.39 is 27.7 Å². The van der Waals surface area contributed by atoms with Crippen LogP contribution in [0.15, 0.2) is 29.4 Å². The zero-order chi connectivity index (χ0) is 19.0. The van der Waals surface area contributed by atoms with Crippen molar-refractivity contribution in [2.75, 3.05) is 13.1 Å². The molecule has 2 atom stereocenters. The molecule has 1 aromatic carbocycles. The molecule has 6 nitrogen and oxygen atoms in total. The van der Waals surface area contributed by atoms with Gasteiger partial charge in [-0.2, -0.15) is 0 Å². The van der Waals surface area contributed by atoms with E-state index in [0.29, 0.717) is 25.1 Å². The van der Waals surface area contributed by atoms with Crippen LogP contribution in [0.25, 0.3) is 0 Å². The van der Waals surface area contributed by atoms with Crippen LogP contribution in [0.4, 0.5) is 8.78 Å². The van der Waals surface area contributed by atoms with Crippen molar-refractivity contribution in [3.8, 4) is 0 Å². The second-order valence-corrected chi connectivity index (χ2v) is 8.81. The highest BCUT2D eigenvalue weighted by Gasteiger charge is 2.32. The van der Waals surface area contributed by atoms with Gasteiger partial charge in [0.25, 0.3) is 10.0 Å². The molecular formula is C18H22F2N4O2S. The van der Waals surface area contributed by atoms with E-state index in [1.807, 2.05) is 4.57 Å². The molecule has 0 spiro atoms. The van der Waals surface area contributed by atoms with E-state index in [9.17, 15) is 17.2 Å². The number of nitrogens with zero attached hydrogens (tertiary/aromatic N) is 2. The summed E-state index contributed by atoms with van der Waals surface area (Å²) in [5, 5.41) is 3.19. The van der Waals surface area contributed by atoms with Crippen LogP contribution in [0.5, 0.6) is 0 Å². The maximum absolute atomic E-state index is 13.7. The second-order valence-electron chi connectivity index (χ2n) is 7.15. The fourth-order valence-corrected chi connectivity index (χ4v) is 5.16. The average molecular weight is 396 g/mol. The van der Waals surface area contributed by atoms with E-state index in [1.54, 1.807) is 6.20 Å². The van der Waals surface area contributed by atoms with Crippen LogP contribution in [-0.4, -0.2) is 37.1 Å². The molecule has 0 radical (unpaired) electrons. The van der Waals surface area contributed by atoms with E-state index in [-0.39, 0.29) is 10.9 Å². The lowest BCUT2D eigenvalue weighted by Crippen LogP contribution is -2.50. The molecule has 27 heavy (non-hydrogen) atoms. The number of fused-ring (bicyclic) bond motifs is 1. The van der Waals surface area contributed by atoms with Gasteiger partial charge in [-0.05, 0) is 43.5 Å². The molecule has 0 aliphatic carbocycles. The summed E-state index contributed by atoms with van der Waals surface area (Å²) in [5.74, 6) is -1.28. The first kappa shape index (κ1) is 18.5. The van der Waals surface area contributed by atoms with E-state index in [0.717, 1.165) is 43.8 Å². The number of sulfonamides is 1. The Morgan fingerprint density at radius 3 is 2.85 bits per heavy atom. The quantitative estimate of drug-likeness (QED) is 0.828. The second kappa shape index (κ2) is 7.29. The number of piperidine rings is 1. The molecule has 0 amide bonds. The number of hydrogen-bond donors (Lipinski definition) is 2. The molecule has 146 valence electrons. The molecule has 2 aliphatic rings. The van der Waals surface area contributed by atoms with Crippen LogP contribution in [-0.2, 0) is 23.0 Å². The number of aromatic nitrogens is 2. The molecule has 2 aliphatic heterocycles. The SMILES string of the molecule is O=S(=O)(NC1CNCCC1c1ccc(F)c(F)c1)c1cn2c(n1)CCCC2. The Bertz CT molecular complexity index is 921. The lowest BCUT2D eigenvalue weighted by Gasteiger charge is -2.32. The average Bonchev–Trinajstić information content (AvgIpc) is 3.10. The summed E-state index contributed by atoms with van der Waals surface area (Å²) in [5.41, 5.74) is 0.590. The van der Waals surface area contributed by atoms with E-state index in [1.165, 1.54) is 6.07 Å². The van der Waals surface area contributed by atoms with Gasteiger partial charge < -0.3 is 9.88 Å². The third-order valence-corrected chi connectivity index (χ3v) is 6.68. The summed E-state index contributed by atoms with van der Waals surface area (Å²) < 4.78 is 57.3. The van der Waals surface area contributed by atoms with Crippen LogP contribution in [0.2, 0.25) is 0 Å². The molecule has 0 saturated carbocycles. The smallest absolute Gasteiger partial charge is 0.259 e. The Morgan fingerprint density at radius 2 is 2.07 bits per heavy atom. The molecular weight excluding hydrogens is 374 g/mol. The van der Waals surface area contributed by atoms with Crippen molar-refractivity contribution < 1.29 is 17.2 Å². The number of halogens is 2. The minimum atomic E-state index is -3.80. The maximum Gasteiger partial charge on any atom is 0.259 e. The normalized spacial score (nSPS) is 23.2. The summed E-state index contributed by atoms with van der Waals surface area (Å²) >= 11 is 0. The summed E-state index contributed by atoms with van der Waals surface area (Å²) in [6.45, 7) is 1.87. The van der Waals surface area contributed by atoms with Gasteiger partial charge in [0.2, 0.25) is 0 Å². The van der Waals surface area contributed by atoms with Crippen LogP contribution in [0.1, 0.15) is 36.6 Å². The van der Waals surface area contributed by atoms with Crippen molar-refractivity contribution >= 4 is 10.0 Å². The number of aryl methyl sites for hydroxylation is 2. The lowest BCUT2D eigenvalue weighted by molar-refractivity contribution is 0.376. The first-order valence-electron chi connectivity index (χ1n) is 9.18. The van der Waals surface area contributed by atoms with Crippen LogP contribution < -0.4 is 10.0 Å². The minimum absolute atomic E-state index is 0.0222. The van der Waals surface area contributed by atoms with Gasteiger partial charge in [0.05, 0.1) is 0 Å². The number of nitrogens with one attached hydrogen (secondary N) is 2. The highest BCUT2D eigenvalue weighted by atomic mass is 32.2. The molecule has 2 aromatic rings. The lowest BCUT2D eigenvalue weighted by atomic mass is 9.86. The molecule has 1 aromatic heterocycles. The molecule has 3 heterocycles. The van der Waals surface area contributed by atoms with Crippen LogP contribution in [0, 0.1) is 11.6 Å². The van der Waals surface area contributed by atoms with Gasteiger partial charge in [-0.25, -0.2) is 26.9 Å². The van der Waals surface area contributed by atoms with Gasteiger partial charge in [-0.3, -0.25) is 0 Å². The van der Waals surface area contributed by atoms with Gasteiger partial charge >= 0.3 is 0 Å². The summed E-state index contributed by atoms with van der Waals surface area (Å²) in [6.07, 6.45) is 5.01. The molecule has 2 N–H and O–H groups in total. The number of imidazole rings is 1. The summed E-state index contributed by atoms with van der Waals surface area (Å²) in [4.78, 5) is 4.29. The summed E-state index contributed by atoms with van der Waals surface area (Å²) in [7, 11) is -3.80. The van der Waals surface area contributed by atoms with Gasteiger partial charge in [0, 0.05) is 37.7 Å². The fraction of sp³-hybridized carbons (Fsp3) is 0.500. The standard InChI is InChI=1S/C18H22F2N4O2S/c19-14-5-4-12(9-15(14)20)13-6-7-21-10-16(13)23-27(25,26)18-11-24-8-2-1-3-17(24)22-18/h4-5,9,11,13,16,21,23H,1-3,6-8,10H2. The van der Waals surface area contributed by atoms with Gasteiger partial charge in [-0.15, -0.1) is 0 Å². The van der Waals surface area contributed by atoms with Crippen molar-refractivity contribution in [1.29, 1.82) is 0 Å². The molecule has 1 fully saturated rings. The molecule has 4 rings (SSSR count). The Morgan fingerprint density at radius 1 is 1.22 bits per heavy atom. The Labute approximate surface area is 157 Å². The van der Waals surface area contributed by atoms with Gasteiger partial charge in [0.1, 0.15) is 5.82 Å². The third-order valence-electron chi connectivity index (χ3n) is 5.32. The predicted molar refractivity (Wildman–Crippen MR) is 95.9 cm³/mol. The van der Waals surface area contributed by atoms with Crippen molar-refractivity contribution in [2.24, 2.45) is 0 Å². The minimum Gasteiger partial charge on any atom is -0.333 e. The molecule has 0 bridgehead atoms. The third kappa shape index (κ3) is 3.76. The monoisotopic (exact) mass is 396 g/mol. The van der Waals surface area contributed by atoms with E-state index in [4.69, 9.17) is 0 Å². The van der Waals surface area contributed by atoms with Gasteiger partial charge in [-0.1, -0.05) is 6.07 Å². The van der Waals surface area contributed by atoms with Gasteiger partial charge in [0.15, 0.2) is 16.7 Å². The first-order chi connectivity index (χ1) is 12.9. The zero-order valence-corrected chi connectivity index (χ0v) is 15.6. The topological polar surface area (TPSA) is 76.0 Å². The molecule has 2 unspecified atom stereocenters. The Hall–Kier alpha value is -1.84. The highest BCUT2D eigenvalue weighted by molar-refractivity contribution is 7.89. The first-order valence-corrected chi connectivity index (χ1v) is 10.7. The van der Waals surface area contributed by atoms with Crippen LogP contribution in [0.3, 0.4) is 0 Å². The van der Waals surface area contributed by atoms with Crippen molar-refractivity contribution in [1.82, 2.24) is 19.6 Å². The Balaban J connectivity index is 1.58. The predicted octanol–water partition coefficient (Wildman–Crippen LogP) is 1.92. The van der Waals surface area contributed by atoms with E-state index >= 15 is 0 Å².